The lowest BCUT2D eigenvalue weighted by Gasteiger charge is -2.48. The van der Waals surface area contributed by atoms with E-state index in [0.717, 1.165) is 64.7 Å². The predicted molar refractivity (Wildman–Crippen MR) is 287 cm³/mol. The average molecular weight is 1070 g/mol. The number of urea groups is 1. The van der Waals surface area contributed by atoms with Gasteiger partial charge in [-0.2, -0.15) is 0 Å². The summed E-state index contributed by atoms with van der Waals surface area (Å²) < 4.78 is 11.1. The summed E-state index contributed by atoms with van der Waals surface area (Å²) in [6, 6.07) is 0.0672. The van der Waals surface area contributed by atoms with Gasteiger partial charge in [0, 0.05) is 117 Å². The van der Waals surface area contributed by atoms with Crippen molar-refractivity contribution in [2.45, 2.75) is 149 Å². The standard InChI is InChI=1S/C24H39ClN8O4.C23H39ClN8O3.CH4.H2/c1-5-15-14-32(12-13-33(15)16-6-10-31(11-7-16)23(36)37-24(2,3)4)20-18(25)28-17-19(29-20)30-22(35)27-9-8-26-21(17)34;1-5-15-14-31(20-18(24)28-17(19(26)29-20)21(33)27-9-8-25)12-13-32(15)16-6-10-30(11-7-16)22(34)35-23(2,3)4;;/h15-17,19H,5-14H2,1-4H3,(H,26,34)(H2,27,30,35);15-16H,5-14,25H2,1-4H3,(H2,26,29)(H,27,33);1H4;1H/t15-,17?,19?;15-;;/m00../s1. The Hall–Kier alpha value is -4.97. The fraction of sp³-hybridized carbons (Fsp3) is 0.771. The molecule has 8 N–H and O–H groups in total. The SMILES string of the molecule is C.CC[C@H]1CN(C2=NC3NC(=O)NCCNC(=O)C3N=C2Cl)CCN1C1CCN(C(=O)OC(C)(C)C)CC1.CC[C@H]1CN(c2nc(N)c(C(=O)NCCN)nc2Cl)CCN1C1CCN(C(=O)OC(C)(C)C)CC1.[HH]. The number of carbonyl (C=O) groups excluding carboxylic acids is 5. The van der Waals surface area contributed by atoms with Crippen LogP contribution in [0.15, 0.2) is 9.98 Å². The van der Waals surface area contributed by atoms with Gasteiger partial charge in [-0.3, -0.25) is 24.4 Å². The van der Waals surface area contributed by atoms with Crippen LogP contribution in [0.5, 0.6) is 0 Å². The number of nitrogens with zero attached hydrogens (tertiary/aromatic N) is 10. The number of nitrogen functional groups attached to an aromatic ring is 1. The highest BCUT2D eigenvalue weighted by Crippen LogP contribution is 2.31. The molecule has 1 aromatic rings. The Balaban J connectivity index is 0.000000313. The van der Waals surface area contributed by atoms with Crippen LogP contribution in [0.1, 0.15) is 113 Å². The first-order valence-electron chi connectivity index (χ1n) is 25.5. The normalized spacial score (nSPS) is 24.0. The molecule has 0 aliphatic carbocycles. The van der Waals surface area contributed by atoms with Crippen LogP contribution in [0, 0.1) is 0 Å². The van der Waals surface area contributed by atoms with Gasteiger partial charge < -0.3 is 61.8 Å². The van der Waals surface area contributed by atoms with Crippen molar-refractivity contribution in [1.82, 2.24) is 55.7 Å². The van der Waals surface area contributed by atoms with Gasteiger partial charge in [0.05, 0.1) is 0 Å². The summed E-state index contributed by atoms with van der Waals surface area (Å²) in [4.78, 5) is 92.5. The zero-order chi connectivity index (χ0) is 52.5. The summed E-state index contributed by atoms with van der Waals surface area (Å²) in [5, 5.41) is 11.2. The van der Waals surface area contributed by atoms with Gasteiger partial charge in [-0.1, -0.05) is 44.5 Å². The number of piperidine rings is 2. The van der Waals surface area contributed by atoms with Gasteiger partial charge in [0.25, 0.3) is 5.91 Å². The molecule has 0 bridgehead atoms. The molecule has 0 radical (unpaired) electrons. The number of ether oxygens (including phenoxy) is 2. The first-order valence-corrected chi connectivity index (χ1v) is 26.3. The first kappa shape index (κ1) is 58.9. The number of amidine groups is 1. The summed E-state index contributed by atoms with van der Waals surface area (Å²) in [5.41, 5.74) is 10.5. The molecular formula is C48H84Cl2N16O7. The Morgan fingerprint density at radius 2 is 1.26 bits per heavy atom. The zero-order valence-corrected chi connectivity index (χ0v) is 44.9. The Kier molecular flexibility index (Phi) is 21.0. The van der Waals surface area contributed by atoms with Crippen molar-refractivity contribution in [3.8, 4) is 0 Å². The highest BCUT2D eigenvalue weighted by atomic mass is 35.5. The van der Waals surface area contributed by atoms with Gasteiger partial charge >= 0.3 is 18.2 Å². The third-order valence-electron chi connectivity index (χ3n) is 13.5. The molecule has 6 aliphatic rings. The molecule has 7 rings (SSSR count). The maximum Gasteiger partial charge on any atom is 0.410 e. The summed E-state index contributed by atoms with van der Waals surface area (Å²) in [5.74, 6) is 0.293. The monoisotopic (exact) mass is 1070 g/mol. The van der Waals surface area contributed by atoms with Crippen LogP contribution in [-0.4, -0.2) is 215 Å². The Labute approximate surface area is 442 Å². The van der Waals surface area contributed by atoms with Crippen LogP contribution in [0.4, 0.5) is 26.0 Å². The third kappa shape index (κ3) is 15.8. The van der Waals surface area contributed by atoms with Crippen LogP contribution in [0.25, 0.3) is 0 Å². The van der Waals surface area contributed by atoms with Crippen molar-refractivity contribution in [3.05, 3.63) is 10.8 Å². The molecule has 73 heavy (non-hydrogen) atoms. The van der Waals surface area contributed by atoms with Crippen LogP contribution in [-0.2, 0) is 14.3 Å². The smallest absolute Gasteiger partial charge is 0.410 e. The minimum atomic E-state index is -0.904. The fourth-order valence-electron chi connectivity index (χ4n) is 9.96. The lowest BCUT2D eigenvalue weighted by molar-refractivity contribution is -0.122. The van der Waals surface area contributed by atoms with Gasteiger partial charge in [-0.05, 0) is 80.1 Å². The number of halogens is 2. The molecular weight excluding hydrogens is 984 g/mol. The average Bonchev–Trinajstić information content (AvgIpc) is 3.40. The molecule has 0 saturated carbocycles. The van der Waals surface area contributed by atoms with E-state index in [0.29, 0.717) is 95.2 Å². The van der Waals surface area contributed by atoms with Crippen molar-refractivity contribution in [1.29, 1.82) is 0 Å². The number of fused-ring (bicyclic) bond motifs is 1. The van der Waals surface area contributed by atoms with Crippen molar-refractivity contribution in [2.24, 2.45) is 15.7 Å². The number of aromatic nitrogens is 2. The van der Waals surface area contributed by atoms with Gasteiger partial charge in [0.15, 0.2) is 45.7 Å². The molecule has 5 fully saturated rings. The minimum Gasteiger partial charge on any atom is -0.444 e. The second-order valence-electron chi connectivity index (χ2n) is 21.0. The van der Waals surface area contributed by atoms with Crippen molar-refractivity contribution >= 4 is 75.9 Å². The van der Waals surface area contributed by atoms with E-state index < -0.39 is 35.3 Å². The third-order valence-corrected chi connectivity index (χ3v) is 14.1. The number of nitrogens with two attached hydrogens (primary N) is 2. The zero-order valence-electron chi connectivity index (χ0n) is 43.3. The number of piperazine rings is 2. The van der Waals surface area contributed by atoms with Crippen molar-refractivity contribution in [3.63, 3.8) is 0 Å². The fourth-order valence-corrected chi connectivity index (χ4v) is 10.5. The minimum absolute atomic E-state index is 0. The van der Waals surface area contributed by atoms with Crippen molar-refractivity contribution in [2.75, 3.05) is 102 Å². The van der Waals surface area contributed by atoms with Crippen LogP contribution >= 0.6 is 23.2 Å². The van der Waals surface area contributed by atoms with Gasteiger partial charge in [0.2, 0.25) is 5.91 Å². The second-order valence-corrected chi connectivity index (χ2v) is 21.7. The lowest BCUT2D eigenvalue weighted by atomic mass is 9.98. The summed E-state index contributed by atoms with van der Waals surface area (Å²) in [6.07, 6.45) is 4.22. The Morgan fingerprint density at radius 3 is 1.77 bits per heavy atom. The number of carbonyl (C=O) groups is 5. The van der Waals surface area contributed by atoms with E-state index in [4.69, 9.17) is 44.1 Å². The highest BCUT2D eigenvalue weighted by molar-refractivity contribution is 6.83. The number of anilines is 2. The molecule has 6 amide bonds. The molecule has 5 saturated heterocycles. The summed E-state index contributed by atoms with van der Waals surface area (Å²) in [7, 11) is 0. The number of likely N-dealkylation sites (tertiary alicyclic amines) is 2. The molecule has 2 unspecified atom stereocenters. The molecule has 0 aromatic carbocycles. The van der Waals surface area contributed by atoms with E-state index in [1.807, 2.05) is 46.4 Å². The number of amides is 6. The largest absolute Gasteiger partial charge is 0.444 e. The van der Waals surface area contributed by atoms with E-state index >= 15 is 0 Å². The van der Waals surface area contributed by atoms with Crippen LogP contribution in [0.3, 0.4) is 0 Å². The Bertz CT molecular complexity index is 2150. The number of hydrogen-bond acceptors (Lipinski definition) is 17. The van der Waals surface area contributed by atoms with Gasteiger partial charge in [-0.25, -0.2) is 29.3 Å². The first-order chi connectivity index (χ1) is 34.1. The molecule has 23 nitrogen and oxygen atoms in total. The quantitative estimate of drug-likeness (QED) is 0.217. The highest BCUT2D eigenvalue weighted by Gasteiger charge is 2.41. The summed E-state index contributed by atoms with van der Waals surface area (Å²) >= 11 is 13.0. The van der Waals surface area contributed by atoms with E-state index in [-0.39, 0.29) is 54.8 Å². The number of rotatable bonds is 8. The number of aliphatic imine (C=N–C) groups is 2. The van der Waals surface area contributed by atoms with Crippen LogP contribution < -0.4 is 37.6 Å². The van der Waals surface area contributed by atoms with Crippen LogP contribution in [0.2, 0.25) is 5.15 Å². The molecule has 1 aromatic heterocycles. The lowest BCUT2D eigenvalue weighted by Crippen LogP contribution is -2.61. The number of hydrogen-bond donors (Lipinski definition) is 6. The number of nitrogens with one attached hydrogen (secondary N) is 4. The molecule has 7 heterocycles. The Morgan fingerprint density at radius 1 is 0.753 bits per heavy atom. The molecule has 4 atom stereocenters. The van der Waals surface area contributed by atoms with E-state index in [9.17, 15) is 24.0 Å². The molecule has 25 heteroatoms. The van der Waals surface area contributed by atoms with Crippen molar-refractivity contribution < 1.29 is 34.9 Å². The van der Waals surface area contributed by atoms with E-state index in [1.165, 1.54) is 0 Å². The predicted octanol–water partition coefficient (Wildman–Crippen LogP) is 3.54. The van der Waals surface area contributed by atoms with Gasteiger partial charge in [0.1, 0.15) is 11.2 Å². The van der Waals surface area contributed by atoms with E-state index in [2.05, 4.69) is 74.7 Å². The molecule has 0 spiro atoms. The van der Waals surface area contributed by atoms with E-state index in [1.54, 1.807) is 4.90 Å². The molecule has 412 valence electrons. The molecule has 6 aliphatic heterocycles. The topological polar surface area (TPSA) is 274 Å². The van der Waals surface area contributed by atoms with Gasteiger partial charge in [-0.15, -0.1) is 0 Å². The summed E-state index contributed by atoms with van der Waals surface area (Å²) in [6.45, 7) is 24.2. The maximum absolute atomic E-state index is 12.6. The second kappa shape index (κ2) is 26.0. The maximum atomic E-state index is 12.6.